The maximum absolute atomic E-state index is 12.1. The van der Waals surface area contributed by atoms with Gasteiger partial charge in [-0.15, -0.1) is 0 Å². The number of amides is 2. The minimum absolute atomic E-state index is 0.0146. The number of ether oxygens (including phenoxy) is 1. The molecule has 0 spiro atoms. The number of rotatable bonds is 6. The molecule has 1 N–H and O–H groups in total. The number of nitrogens with zero attached hydrogens (tertiary/aromatic N) is 3. The lowest BCUT2D eigenvalue weighted by Crippen LogP contribution is -2.41. The Labute approximate surface area is 153 Å². The van der Waals surface area contributed by atoms with Gasteiger partial charge in [0.2, 0.25) is 11.8 Å². The molecule has 7 heteroatoms. The van der Waals surface area contributed by atoms with E-state index in [1.54, 1.807) is 17.4 Å². The number of nitrogens with one attached hydrogen (secondary N) is 1. The quantitative estimate of drug-likeness (QED) is 0.854. The van der Waals surface area contributed by atoms with Crippen molar-refractivity contribution in [1.82, 2.24) is 19.8 Å². The minimum atomic E-state index is -0.113. The van der Waals surface area contributed by atoms with Crippen molar-refractivity contribution in [2.24, 2.45) is 0 Å². The number of hydrogen-bond donors (Lipinski definition) is 1. The molecule has 0 saturated carbocycles. The second-order valence-corrected chi connectivity index (χ2v) is 6.34. The lowest BCUT2D eigenvalue weighted by molar-refractivity contribution is -0.137. The largest absolute Gasteiger partial charge is 0.378 e. The molecule has 0 unspecified atom stereocenters. The molecule has 1 aromatic heterocycles. The fourth-order valence-corrected chi connectivity index (χ4v) is 2.94. The summed E-state index contributed by atoms with van der Waals surface area (Å²) in [5, 5.41) is 2.96. The molecule has 1 saturated heterocycles. The topological polar surface area (TPSA) is 76.5 Å². The maximum atomic E-state index is 12.1. The lowest BCUT2D eigenvalue weighted by Gasteiger charge is -2.26. The molecule has 26 heavy (non-hydrogen) atoms. The van der Waals surface area contributed by atoms with E-state index in [0.29, 0.717) is 26.3 Å². The van der Waals surface area contributed by atoms with Crippen molar-refractivity contribution in [3.8, 4) is 5.69 Å². The van der Waals surface area contributed by atoms with Crippen molar-refractivity contribution in [1.29, 1.82) is 0 Å². The van der Waals surface area contributed by atoms with Crippen LogP contribution >= 0.6 is 0 Å². The van der Waals surface area contributed by atoms with Crippen LogP contribution < -0.4 is 5.32 Å². The summed E-state index contributed by atoms with van der Waals surface area (Å²) in [6.07, 6.45) is 5.79. The van der Waals surface area contributed by atoms with Crippen LogP contribution in [-0.2, 0) is 14.3 Å². The molecule has 7 nitrogen and oxygen atoms in total. The fraction of sp³-hybridized carbons (Fsp3) is 0.421. The average molecular weight is 356 g/mol. The molecule has 2 aromatic rings. The summed E-state index contributed by atoms with van der Waals surface area (Å²) in [6, 6.07) is 7.83. The van der Waals surface area contributed by atoms with Crippen LogP contribution in [0.15, 0.2) is 43.0 Å². The van der Waals surface area contributed by atoms with Crippen LogP contribution in [0.4, 0.5) is 0 Å². The highest BCUT2D eigenvalue weighted by atomic mass is 16.5. The molecule has 2 heterocycles. The van der Waals surface area contributed by atoms with Crippen molar-refractivity contribution < 1.29 is 14.3 Å². The highest BCUT2D eigenvalue weighted by Gasteiger charge is 2.18. The first-order valence-electron chi connectivity index (χ1n) is 8.86. The standard InChI is InChI=1S/C19H24N4O3/c1-15(16-2-4-17(5-3-16)23-9-8-20-14-23)21-18(24)6-7-19(25)22-10-12-26-13-11-22/h2-5,8-9,14-15H,6-7,10-13H2,1H3,(H,21,24)/t15-/m1/s1. The van der Waals surface area contributed by atoms with Gasteiger partial charge in [-0.1, -0.05) is 12.1 Å². The average Bonchev–Trinajstić information content (AvgIpc) is 3.21. The van der Waals surface area contributed by atoms with Gasteiger partial charge in [-0.25, -0.2) is 4.98 Å². The fourth-order valence-electron chi connectivity index (χ4n) is 2.94. The zero-order valence-corrected chi connectivity index (χ0v) is 14.9. The van der Waals surface area contributed by atoms with Gasteiger partial charge in [0, 0.05) is 44.0 Å². The third-order valence-electron chi connectivity index (χ3n) is 4.50. The lowest BCUT2D eigenvalue weighted by atomic mass is 10.1. The van der Waals surface area contributed by atoms with Gasteiger partial charge in [-0.2, -0.15) is 0 Å². The predicted molar refractivity (Wildman–Crippen MR) is 96.8 cm³/mol. The Hall–Kier alpha value is -2.67. The number of benzene rings is 1. The minimum Gasteiger partial charge on any atom is -0.378 e. The highest BCUT2D eigenvalue weighted by molar-refractivity contribution is 5.84. The number of morpholine rings is 1. The van der Waals surface area contributed by atoms with Crippen molar-refractivity contribution in [2.75, 3.05) is 26.3 Å². The van der Waals surface area contributed by atoms with Crippen molar-refractivity contribution in [2.45, 2.75) is 25.8 Å². The van der Waals surface area contributed by atoms with Crippen LogP contribution in [0.1, 0.15) is 31.4 Å². The van der Waals surface area contributed by atoms with Gasteiger partial charge in [0.25, 0.3) is 0 Å². The van der Waals surface area contributed by atoms with Crippen LogP contribution in [0.25, 0.3) is 5.69 Å². The highest BCUT2D eigenvalue weighted by Crippen LogP contribution is 2.16. The molecule has 1 aliphatic rings. The molecule has 0 radical (unpaired) electrons. The number of hydrogen-bond acceptors (Lipinski definition) is 4. The maximum Gasteiger partial charge on any atom is 0.223 e. The van der Waals surface area contributed by atoms with Gasteiger partial charge < -0.3 is 19.5 Å². The van der Waals surface area contributed by atoms with Crippen LogP contribution in [0.2, 0.25) is 0 Å². The molecule has 3 rings (SSSR count). The molecule has 138 valence electrons. The second-order valence-electron chi connectivity index (χ2n) is 6.34. The van der Waals surface area contributed by atoms with E-state index < -0.39 is 0 Å². The zero-order chi connectivity index (χ0) is 18.4. The van der Waals surface area contributed by atoms with E-state index in [1.165, 1.54) is 0 Å². The third-order valence-corrected chi connectivity index (χ3v) is 4.50. The first kappa shape index (κ1) is 18.1. The van der Waals surface area contributed by atoms with Crippen LogP contribution in [0.5, 0.6) is 0 Å². The molecule has 1 atom stereocenters. The number of carbonyl (C=O) groups is 2. The number of carbonyl (C=O) groups excluding carboxylic acids is 2. The molecule has 0 bridgehead atoms. The summed E-state index contributed by atoms with van der Waals surface area (Å²) >= 11 is 0. The van der Waals surface area contributed by atoms with E-state index in [4.69, 9.17) is 4.74 Å². The van der Waals surface area contributed by atoms with Gasteiger partial charge in [-0.05, 0) is 24.6 Å². The number of imidazole rings is 1. The summed E-state index contributed by atoms with van der Waals surface area (Å²) in [4.78, 5) is 30.0. The van der Waals surface area contributed by atoms with Gasteiger partial charge in [-0.3, -0.25) is 9.59 Å². The molecular weight excluding hydrogens is 332 g/mol. The second kappa shape index (κ2) is 8.62. The first-order valence-corrected chi connectivity index (χ1v) is 8.86. The SMILES string of the molecule is C[C@@H](NC(=O)CCC(=O)N1CCOCC1)c1ccc(-n2ccnc2)cc1. The van der Waals surface area contributed by atoms with Crippen LogP contribution in [-0.4, -0.2) is 52.6 Å². The van der Waals surface area contributed by atoms with E-state index in [2.05, 4.69) is 10.3 Å². The summed E-state index contributed by atoms with van der Waals surface area (Å²) in [5.74, 6) is -0.0985. The molecular formula is C19H24N4O3. The molecule has 2 amide bonds. The Morgan fingerprint density at radius 1 is 1.19 bits per heavy atom. The molecule has 1 aromatic carbocycles. The van der Waals surface area contributed by atoms with Gasteiger partial charge >= 0.3 is 0 Å². The van der Waals surface area contributed by atoms with Gasteiger partial charge in [0.05, 0.1) is 25.6 Å². The Bertz CT molecular complexity index is 722. The Morgan fingerprint density at radius 3 is 2.58 bits per heavy atom. The summed E-state index contributed by atoms with van der Waals surface area (Å²) in [6.45, 7) is 4.31. The van der Waals surface area contributed by atoms with Crippen molar-refractivity contribution in [3.05, 3.63) is 48.5 Å². The summed E-state index contributed by atoms with van der Waals surface area (Å²) in [5.41, 5.74) is 2.03. The van der Waals surface area contributed by atoms with Crippen molar-refractivity contribution in [3.63, 3.8) is 0 Å². The Kier molecular flexibility index (Phi) is 6.01. The Balaban J connectivity index is 1.47. The van der Waals surface area contributed by atoms with E-state index >= 15 is 0 Å². The number of aromatic nitrogens is 2. The van der Waals surface area contributed by atoms with Gasteiger partial charge in [0.15, 0.2) is 0 Å². The first-order chi connectivity index (χ1) is 12.6. The monoisotopic (exact) mass is 356 g/mol. The van der Waals surface area contributed by atoms with E-state index in [0.717, 1.165) is 11.3 Å². The summed E-state index contributed by atoms with van der Waals surface area (Å²) in [7, 11) is 0. The zero-order valence-electron chi connectivity index (χ0n) is 14.9. The summed E-state index contributed by atoms with van der Waals surface area (Å²) < 4.78 is 7.15. The molecule has 0 aliphatic carbocycles. The third kappa shape index (κ3) is 4.70. The van der Waals surface area contributed by atoms with Crippen LogP contribution in [0, 0.1) is 0 Å². The van der Waals surface area contributed by atoms with Gasteiger partial charge in [0.1, 0.15) is 0 Å². The molecule has 1 aliphatic heterocycles. The van der Waals surface area contributed by atoms with Crippen LogP contribution in [0.3, 0.4) is 0 Å². The van der Waals surface area contributed by atoms with E-state index in [-0.39, 0.29) is 30.7 Å². The van der Waals surface area contributed by atoms with E-state index in [9.17, 15) is 9.59 Å². The smallest absolute Gasteiger partial charge is 0.223 e. The predicted octanol–water partition coefficient (Wildman–Crippen LogP) is 1.69. The van der Waals surface area contributed by atoms with E-state index in [1.807, 2.05) is 42.0 Å². The normalized spacial score (nSPS) is 15.5. The van der Waals surface area contributed by atoms with Crippen molar-refractivity contribution >= 4 is 11.8 Å². The Morgan fingerprint density at radius 2 is 1.92 bits per heavy atom. The molecule has 1 fully saturated rings.